The topological polar surface area (TPSA) is 103 Å². The first-order valence-corrected chi connectivity index (χ1v) is 12.0. The summed E-state index contributed by atoms with van der Waals surface area (Å²) in [5, 5.41) is 15.6. The van der Waals surface area contributed by atoms with Gasteiger partial charge in [-0.15, -0.1) is 11.3 Å². The molecule has 3 aromatic carbocycles. The number of hydrazone groups is 1. The van der Waals surface area contributed by atoms with Gasteiger partial charge in [0.15, 0.2) is 11.5 Å². The van der Waals surface area contributed by atoms with Crippen LogP contribution in [0.5, 0.6) is 11.5 Å². The van der Waals surface area contributed by atoms with Crippen LogP contribution in [0, 0.1) is 19.5 Å². The number of non-ortho nitro benzene ring substituents is 1. The second-order valence-electron chi connectivity index (χ2n) is 7.24. The second-order valence-corrected chi connectivity index (χ2v) is 9.49. The maximum atomic E-state index is 13.4. The predicted molar refractivity (Wildman–Crippen MR) is 140 cm³/mol. The fourth-order valence-electron chi connectivity index (χ4n) is 3.21. The molecule has 0 aliphatic heterocycles. The zero-order chi connectivity index (χ0) is 24.9. The minimum atomic E-state index is -0.478. The first-order chi connectivity index (χ1) is 16.8. The third-order valence-electron chi connectivity index (χ3n) is 4.84. The molecule has 8 nitrogen and oxygen atoms in total. The molecule has 0 atom stereocenters. The molecule has 178 valence electrons. The van der Waals surface area contributed by atoms with Crippen LogP contribution >= 0.6 is 33.9 Å². The van der Waals surface area contributed by atoms with E-state index < -0.39 is 10.8 Å². The molecule has 1 aromatic heterocycles. The summed E-state index contributed by atoms with van der Waals surface area (Å²) in [7, 11) is 1.51. The van der Waals surface area contributed by atoms with Gasteiger partial charge >= 0.3 is 0 Å². The summed E-state index contributed by atoms with van der Waals surface area (Å²) in [6.07, 6.45) is 1.47. The fourth-order valence-corrected chi connectivity index (χ4v) is 4.93. The van der Waals surface area contributed by atoms with Crippen LogP contribution in [0.2, 0.25) is 0 Å². The zero-order valence-electron chi connectivity index (χ0n) is 18.2. The number of amides is 1. The smallest absolute Gasteiger partial charge is 0.281 e. The molecule has 4 aromatic rings. The van der Waals surface area contributed by atoms with Crippen molar-refractivity contribution in [2.75, 3.05) is 7.11 Å². The minimum absolute atomic E-state index is 0.0350. The van der Waals surface area contributed by atoms with Crippen molar-refractivity contribution < 1.29 is 23.6 Å². The van der Waals surface area contributed by atoms with E-state index in [9.17, 15) is 19.3 Å². The van der Waals surface area contributed by atoms with Gasteiger partial charge in [0.05, 0.1) is 26.7 Å². The van der Waals surface area contributed by atoms with E-state index in [1.807, 2.05) is 0 Å². The Morgan fingerprint density at radius 3 is 2.80 bits per heavy atom. The largest absolute Gasteiger partial charge is 0.493 e. The third-order valence-corrected chi connectivity index (χ3v) is 6.75. The van der Waals surface area contributed by atoms with Crippen LogP contribution in [0.1, 0.15) is 20.8 Å². The Labute approximate surface area is 216 Å². The van der Waals surface area contributed by atoms with Gasteiger partial charge in [-0.25, -0.2) is 9.82 Å². The quantitative estimate of drug-likeness (QED) is 0.117. The number of nitrogens with one attached hydrogen (secondary N) is 1. The minimum Gasteiger partial charge on any atom is -0.493 e. The highest BCUT2D eigenvalue weighted by Gasteiger charge is 2.14. The number of nitro benzene ring substituents is 1. The lowest BCUT2D eigenvalue weighted by Gasteiger charge is -2.13. The lowest BCUT2D eigenvalue weighted by Crippen LogP contribution is -2.16. The Morgan fingerprint density at radius 2 is 2.06 bits per heavy atom. The van der Waals surface area contributed by atoms with Gasteiger partial charge in [0.25, 0.3) is 11.6 Å². The summed E-state index contributed by atoms with van der Waals surface area (Å²) < 4.78 is 26.2. The maximum absolute atomic E-state index is 13.4. The van der Waals surface area contributed by atoms with Gasteiger partial charge in [-0.3, -0.25) is 14.9 Å². The number of methoxy groups -OCH3 is 1. The molecule has 1 N–H and O–H groups in total. The predicted octanol–water partition coefficient (Wildman–Crippen LogP) is 5.90. The van der Waals surface area contributed by atoms with Gasteiger partial charge in [-0.1, -0.05) is 12.1 Å². The number of fused-ring (bicyclic) bond motifs is 1. The van der Waals surface area contributed by atoms with Gasteiger partial charge < -0.3 is 9.47 Å². The van der Waals surface area contributed by atoms with Crippen LogP contribution in [0.15, 0.2) is 65.8 Å². The molecule has 4 rings (SSSR count). The zero-order valence-corrected chi connectivity index (χ0v) is 21.1. The number of ether oxygens (including phenoxy) is 2. The number of carbonyl (C=O) groups is 1. The summed E-state index contributed by atoms with van der Waals surface area (Å²) in [4.78, 5) is 23.3. The molecule has 0 aliphatic carbocycles. The molecule has 0 saturated carbocycles. The van der Waals surface area contributed by atoms with Crippen LogP contribution in [0.25, 0.3) is 10.1 Å². The SMILES string of the molecule is COc1cc(/C=N\NC(=O)c2cc3cc([N+](=O)[O-])ccc3s2)cc(I)c1OCc1cccc(F)c1. The van der Waals surface area contributed by atoms with Gasteiger partial charge in [-0.05, 0) is 70.1 Å². The number of benzene rings is 3. The van der Waals surface area contributed by atoms with Crippen molar-refractivity contribution in [3.63, 3.8) is 0 Å². The number of nitro groups is 1. The van der Waals surface area contributed by atoms with Gasteiger partial charge in [0, 0.05) is 22.2 Å². The van der Waals surface area contributed by atoms with Gasteiger partial charge in [-0.2, -0.15) is 5.10 Å². The average Bonchev–Trinajstić information content (AvgIpc) is 3.26. The number of nitrogens with zero attached hydrogens (tertiary/aromatic N) is 2. The van der Waals surface area contributed by atoms with E-state index in [2.05, 4.69) is 33.1 Å². The summed E-state index contributed by atoms with van der Waals surface area (Å²) in [6.45, 7) is 0.173. The highest BCUT2D eigenvalue weighted by molar-refractivity contribution is 14.1. The average molecular weight is 605 g/mol. The Balaban J connectivity index is 1.44. The molecular weight excluding hydrogens is 588 g/mol. The highest BCUT2D eigenvalue weighted by Crippen LogP contribution is 2.34. The standard InChI is InChI=1S/C24H17FIN3O5S/c1-33-20-9-15(8-19(26)23(20)34-13-14-3-2-4-17(25)7-14)12-27-28-24(30)22-11-16-10-18(29(31)32)5-6-21(16)35-22/h2-12H,13H2,1H3,(H,28,30)/b27-12-. The summed E-state index contributed by atoms with van der Waals surface area (Å²) in [6, 6.07) is 15.7. The van der Waals surface area contributed by atoms with Crippen molar-refractivity contribution in [1.82, 2.24) is 5.43 Å². The Kier molecular flexibility index (Phi) is 7.56. The number of carbonyl (C=O) groups excluding carboxylic acids is 1. The summed E-state index contributed by atoms with van der Waals surface area (Å²) >= 11 is 3.32. The van der Waals surface area contributed by atoms with Crippen molar-refractivity contribution in [3.8, 4) is 11.5 Å². The first-order valence-electron chi connectivity index (χ1n) is 10.1. The second kappa shape index (κ2) is 10.8. The van der Waals surface area contributed by atoms with E-state index >= 15 is 0 Å². The van der Waals surface area contributed by atoms with Crippen molar-refractivity contribution in [3.05, 3.63) is 96.2 Å². The van der Waals surface area contributed by atoms with Crippen molar-refractivity contribution in [1.29, 1.82) is 0 Å². The van der Waals surface area contributed by atoms with Crippen molar-refractivity contribution in [2.45, 2.75) is 6.61 Å². The summed E-state index contributed by atoms with van der Waals surface area (Å²) in [5.41, 5.74) is 3.78. The maximum Gasteiger partial charge on any atom is 0.281 e. The van der Waals surface area contributed by atoms with E-state index in [1.165, 1.54) is 48.9 Å². The number of halogens is 2. The molecule has 0 radical (unpaired) electrons. The van der Waals surface area contributed by atoms with Crippen LogP contribution < -0.4 is 14.9 Å². The van der Waals surface area contributed by atoms with Crippen molar-refractivity contribution in [2.24, 2.45) is 5.10 Å². The highest BCUT2D eigenvalue weighted by atomic mass is 127. The van der Waals surface area contributed by atoms with Crippen LogP contribution in [-0.2, 0) is 6.61 Å². The molecule has 0 spiro atoms. The Bertz CT molecular complexity index is 1460. The molecule has 0 bridgehead atoms. The molecule has 0 fully saturated rings. The molecule has 35 heavy (non-hydrogen) atoms. The lowest BCUT2D eigenvalue weighted by atomic mass is 10.2. The summed E-state index contributed by atoms with van der Waals surface area (Å²) in [5.74, 6) is 0.213. The monoisotopic (exact) mass is 605 g/mol. The number of rotatable bonds is 8. The molecule has 0 saturated heterocycles. The molecule has 1 heterocycles. The third kappa shape index (κ3) is 5.92. The molecule has 0 unspecified atom stereocenters. The molecule has 0 aliphatic rings. The van der Waals surface area contributed by atoms with E-state index in [0.29, 0.717) is 32.9 Å². The molecule has 11 heteroatoms. The number of thiophene rings is 1. The number of hydrogen-bond acceptors (Lipinski definition) is 7. The normalized spacial score (nSPS) is 11.1. The Hall–Kier alpha value is -3.58. The Morgan fingerprint density at radius 1 is 1.23 bits per heavy atom. The van der Waals surface area contributed by atoms with Crippen molar-refractivity contribution >= 4 is 61.8 Å². The first kappa shape index (κ1) is 24.5. The lowest BCUT2D eigenvalue weighted by molar-refractivity contribution is -0.384. The van der Waals surface area contributed by atoms with E-state index in [-0.39, 0.29) is 18.1 Å². The van der Waals surface area contributed by atoms with Gasteiger partial charge in [0.2, 0.25) is 0 Å². The molecule has 1 amide bonds. The van der Waals surface area contributed by atoms with E-state index in [0.717, 1.165) is 8.27 Å². The van der Waals surface area contributed by atoms with Gasteiger partial charge in [0.1, 0.15) is 12.4 Å². The van der Waals surface area contributed by atoms with E-state index in [4.69, 9.17) is 9.47 Å². The van der Waals surface area contributed by atoms with Crippen LogP contribution in [0.3, 0.4) is 0 Å². The number of hydrogen-bond donors (Lipinski definition) is 1. The fraction of sp³-hybridized carbons (Fsp3) is 0.0833. The van der Waals surface area contributed by atoms with Crippen LogP contribution in [0.4, 0.5) is 10.1 Å². The molecular formula is C24H17FIN3O5S. The van der Waals surface area contributed by atoms with Crippen LogP contribution in [-0.4, -0.2) is 24.2 Å². The van der Waals surface area contributed by atoms with E-state index in [1.54, 1.807) is 36.4 Å².